The lowest BCUT2D eigenvalue weighted by molar-refractivity contribution is -0.148. The molecule has 6 nitrogen and oxygen atoms in total. The highest BCUT2D eigenvalue weighted by atomic mass is 32.2. The first kappa shape index (κ1) is 16.6. The molecule has 7 heteroatoms. The Morgan fingerprint density at radius 2 is 1.52 bits per heavy atom. The van der Waals surface area contributed by atoms with Gasteiger partial charge < -0.3 is 14.9 Å². The van der Waals surface area contributed by atoms with E-state index in [0.717, 1.165) is 25.9 Å². The molecule has 0 aromatic carbocycles. The molecule has 3 fully saturated rings. The molecule has 2 heterocycles. The maximum atomic E-state index is 12.8. The van der Waals surface area contributed by atoms with Crippen LogP contribution in [0.25, 0.3) is 0 Å². The molecule has 3 rings (SSSR count). The molecular weight excluding hydrogens is 316 g/mol. The Balaban J connectivity index is 1.60. The fraction of sp³-hybridized carbons (Fsp3) is 0.812. The normalized spacial score (nSPS) is 31.4. The van der Waals surface area contributed by atoms with Crippen molar-refractivity contribution in [3.05, 3.63) is 0 Å². The summed E-state index contributed by atoms with van der Waals surface area (Å²) in [6.07, 6.45) is 4.50. The topological polar surface area (TPSA) is 77.9 Å². The zero-order valence-corrected chi connectivity index (χ0v) is 14.1. The summed E-state index contributed by atoms with van der Waals surface area (Å²) in [6, 6.07) is -0.317. The van der Waals surface area contributed by atoms with Gasteiger partial charge in [-0.1, -0.05) is 0 Å². The lowest BCUT2D eigenvalue weighted by atomic mass is 9.81. The standard InChI is InChI=1S/C16H24N2O4S/c19-14(11-3-5-12(6-4-11)16(21)22)18-10-23-9-13(18)15(20)17-7-1-2-8-17/h11-13H,1-10H2,(H,21,22). The van der Waals surface area contributed by atoms with Gasteiger partial charge in [-0.25, -0.2) is 0 Å². The van der Waals surface area contributed by atoms with Crippen molar-refractivity contribution in [2.75, 3.05) is 24.7 Å². The number of carboxylic acids is 1. The predicted molar refractivity (Wildman–Crippen MR) is 86.9 cm³/mol. The molecule has 23 heavy (non-hydrogen) atoms. The van der Waals surface area contributed by atoms with E-state index < -0.39 is 5.97 Å². The Bertz CT molecular complexity index is 484. The lowest BCUT2D eigenvalue weighted by Crippen LogP contribution is -2.50. The molecule has 1 aliphatic carbocycles. The van der Waals surface area contributed by atoms with E-state index >= 15 is 0 Å². The number of amides is 2. The summed E-state index contributed by atoms with van der Waals surface area (Å²) in [7, 11) is 0. The number of likely N-dealkylation sites (tertiary alicyclic amines) is 1. The maximum Gasteiger partial charge on any atom is 0.306 e. The molecule has 1 unspecified atom stereocenters. The average molecular weight is 340 g/mol. The largest absolute Gasteiger partial charge is 0.481 e. The fourth-order valence-corrected chi connectivity index (χ4v) is 4.99. The summed E-state index contributed by atoms with van der Waals surface area (Å²) >= 11 is 1.64. The Morgan fingerprint density at radius 1 is 0.913 bits per heavy atom. The van der Waals surface area contributed by atoms with Crippen molar-refractivity contribution in [3.63, 3.8) is 0 Å². The second-order valence-electron chi connectivity index (χ2n) is 6.74. The highest BCUT2D eigenvalue weighted by Crippen LogP contribution is 2.33. The molecule has 0 aromatic rings. The van der Waals surface area contributed by atoms with Gasteiger partial charge in [0, 0.05) is 24.8 Å². The fourth-order valence-electron chi connectivity index (χ4n) is 3.83. The summed E-state index contributed by atoms with van der Waals surface area (Å²) in [5, 5.41) is 9.06. The molecule has 2 aliphatic heterocycles. The summed E-state index contributed by atoms with van der Waals surface area (Å²) in [6.45, 7) is 1.62. The molecule has 0 aromatic heterocycles. The molecule has 0 radical (unpaired) electrons. The van der Waals surface area contributed by atoms with Crippen molar-refractivity contribution in [2.24, 2.45) is 11.8 Å². The summed E-state index contributed by atoms with van der Waals surface area (Å²) in [4.78, 5) is 40.1. The zero-order valence-electron chi connectivity index (χ0n) is 13.3. The smallest absolute Gasteiger partial charge is 0.306 e. The number of thioether (sulfide) groups is 1. The van der Waals surface area contributed by atoms with E-state index in [1.165, 1.54) is 0 Å². The van der Waals surface area contributed by atoms with Crippen molar-refractivity contribution in [3.8, 4) is 0 Å². The highest BCUT2D eigenvalue weighted by Gasteiger charge is 2.41. The minimum atomic E-state index is -0.755. The van der Waals surface area contributed by atoms with Crippen LogP contribution in [0.3, 0.4) is 0 Å². The van der Waals surface area contributed by atoms with Crippen LogP contribution in [0.15, 0.2) is 0 Å². The summed E-state index contributed by atoms with van der Waals surface area (Å²) in [5.74, 6) is 0.242. The van der Waals surface area contributed by atoms with Crippen LogP contribution in [0.5, 0.6) is 0 Å². The van der Waals surface area contributed by atoms with Crippen LogP contribution < -0.4 is 0 Å². The number of aliphatic carboxylic acids is 1. The second-order valence-corrected chi connectivity index (χ2v) is 7.74. The molecule has 1 atom stereocenters. The number of carbonyl (C=O) groups excluding carboxylic acids is 2. The quantitative estimate of drug-likeness (QED) is 0.840. The first-order chi connectivity index (χ1) is 11.1. The lowest BCUT2D eigenvalue weighted by Gasteiger charge is -2.32. The Hall–Kier alpha value is -1.24. The van der Waals surface area contributed by atoms with Crippen molar-refractivity contribution in [2.45, 2.75) is 44.6 Å². The predicted octanol–water partition coefficient (Wildman–Crippen LogP) is 1.40. The number of carbonyl (C=O) groups is 3. The molecular formula is C16H24N2O4S. The van der Waals surface area contributed by atoms with Gasteiger partial charge >= 0.3 is 5.97 Å². The van der Waals surface area contributed by atoms with Gasteiger partial charge in [0.05, 0.1) is 11.8 Å². The molecule has 1 saturated carbocycles. The van der Waals surface area contributed by atoms with Gasteiger partial charge in [0.25, 0.3) is 0 Å². The van der Waals surface area contributed by atoms with Crippen LogP contribution in [-0.4, -0.2) is 63.5 Å². The highest BCUT2D eigenvalue weighted by molar-refractivity contribution is 7.99. The molecule has 128 valence electrons. The molecule has 2 amide bonds. The van der Waals surface area contributed by atoms with Crippen LogP contribution in [0, 0.1) is 11.8 Å². The molecule has 2 saturated heterocycles. The van der Waals surface area contributed by atoms with Gasteiger partial charge in [0.15, 0.2) is 0 Å². The minimum Gasteiger partial charge on any atom is -0.481 e. The molecule has 1 N–H and O–H groups in total. The van der Waals surface area contributed by atoms with Gasteiger partial charge in [-0.15, -0.1) is 11.8 Å². The van der Waals surface area contributed by atoms with E-state index in [1.54, 1.807) is 16.7 Å². The van der Waals surface area contributed by atoms with Gasteiger partial charge in [0.1, 0.15) is 6.04 Å². The average Bonchev–Trinajstić information content (AvgIpc) is 3.25. The van der Waals surface area contributed by atoms with Crippen LogP contribution >= 0.6 is 11.8 Å². The summed E-state index contributed by atoms with van der Waals surface area (Å²) < 4.78 is 0. The van der Waals surface area contributed by atoms with E-state index in [9.17, 15) is 14.4 Å². The van der Waals surface area contributed by atoms with E-state index in [2.05, 4.69) is 0 Å². The van der Waals surface area contributed by atoms with E-state index in [0.29, 0.717) is 37.3 Å². The first-order valence-corrected chi connectivity index (χ1v) is 9.63. The van der Waals surface area contributed by atoms with E-state index in [4.69, 9.17) is 5.11 Å². The number of hydrogen-bond donors (Lipinski definition) is 1. The van der Waals surface area contributed by atoms with Gasteiger partial charge in [-0.05, 0) is 38.5 Å². The third kappa shape index (κ3) is 3.49. The summed E-state index contributed by atoms with van der Waals surface area (Å²) in [5.41, 5.74) is 0. The number of hydrogen-bond acceptors (Lipinski definition) is 4. The number of rotatable bonds is 3. The third-order valence-electron chi connectivity index (χ3n) is 5.29. The van der Waals surface area contributed by atoms with Gasteiger partial charge in [-0.2, -0.15) is 0 Å². The Morgan fingerprint density at radius 3 is 2.13 bits per heavy atom. The Labute approximate surface area is 140 Å². The zero-order chi connectivity index (χ0) is 16.4. The SMILES string of the molecule is O=C(O)C1CCC(C(=O)N2CSCC2C(=O)N2CCCC2)CC1. The second kappa shape index (κ2) is 7.11. The van der Waals surface area contributed by atoms with E-state index in [1.807, 2.05) is 4.90 Å². The molecule has 0 spiro atoms. The van der Waals surface area contributed by atoms with Crippen molar-refractivity contribution in [1.29, 1.82) is 0 Å². The van der Waals surface area contributed by atoms with Crippen molar-refractivity contribution < 1.29 is 19.5 Å². The third-order valence-corrected chi connectivity index (χ3v) is 6.31. The van der Waals surface area contributed by atoms with E-state index in [-0.39, 0.29) is 29.7 Å². The minimum absolute atomic E-state index is 0.0522. The van der Waals surface area contributed by atoms with Crippen LogP contribution in [0.2, 0.25) is 0 Å². The van der Waals surface area contributed by atoms with Crippen molar-refractivity contribution >= 4 is 29.5 Å². The van der Waals surface area contributed by atoms with Crippen LogP contribution in [-0.2, 0) is 14.4 Å². The monoisotopic (exact) mass is 340 g/mol. The maximum absolute atomic E-state index is 12.8. The number of carboxylic acid groups (broad SMARTS) is 1. The molecule has 3 aliphatic rings. The number of nitrogens with zero attached hydrogens (tertiary/aromatic N) is 2. The van der Waals surface area contributed by atoms with Crippen molar-refractivity contribution in [1.82, 2.24) is 9.80 Å². The van der Waals surface area contributed by atoms with Gasteiger partial charge in [-0.3, -0.25) is 14.4 Å². The van der Waals surface area contributed by atoms with Crippen LogP contribution in [0.1, 0.15) is 38.5 Å². The molecule has 0 bridgehead atoms. The van der Waals surface area contributed by atoms with Crippen LogP contribution in [0.4, 0.5) is 0 Å². The first-order valence-electron chi connectivity index (χ1n) is 8.47. The van der Waals surface area contributed by atoms with Gasteiger partial charge in [0.2, 0.25) is 11.8 Å². The Kier molecular flexibility index (Phi) is 5.14.